The Morgan fingerprint density at radius 1 is 1.09 bits per heavy atom. The fraction of sp³-hybridized carbons (Fsp3) is 0.500. The largest absolute Gasteiger partial charge is 0.490 e. The van der Waals surface area contributed by atoms with Crippen LogP contribution in [-0.4, -0.2) is 74.2 Å². The summed E-state index contributed by atoms with van der Waals surface area (Å²) in [5.41, 5.74) is 4.70. The second-order valence-corrected chi connectivity index (χ2v) is 10.6. The highest BCUT2D eigenvalue weighted by Gasteiger charge is 2.47. The molecular weight excluding hydrogens is 507 g/mol. The second-order valence-electron chi connectivity index (χ2n) is 6.19. The van der Waals surface area contributed by atoms with Crippen LogP contribution in [-0.2, 0) is 31.6 Å². The van der Waals surface area contributed by atoms with E-state index in [-0.39, 0.29) is 17.0 Å². The van der Waals surface area contributed by atoms with Crippen molar-refractivity contribution in [1.82, 2.24) is 19.5 Å². The number of nitrogens with two attached hydrogens (primary N) is 1. The summed E-state index contributed by atoms with van der Waals surface area (Å²) >= 11 is 0. The first kappa shape index (κ1) is 25.1. The molecule has 0 saturated carbocycles. The number of rotatable bonds is 8. The Hall–Kier alpha value is -1.56. The minimum Gasteiger partial charge on any atom is -0.387 e. The number of H-pyrrole nitrogens is 1. The predicted octanol–water partition coefficient (Wildman–Crippen LogP) is -2.34. The van der Waals surface area contributed by atoms with Crippen molar-refractivity contribution in [2.24, 2.45) is 0 Å². The molecule has 180 valence electrons. The van der Waals surface area contributed by atoms with E-state index in [1.165, 1.54) is 0 Å². The zero-order valence-electron chi connectivity index (χ0n) is 15.3. The Morgan fingerprint density at radius 3 is 2.38 bits per heavy atom. The zero-order chi connectivity index (χ0) is 24.1. The van der Waals surface area contributed by atoms with Gasteiger partial charge in [-0.3, -0.25) is 4.52 Å². The highest BCUT2D eigenvalue weighted by atomic mass is 31.3. The molecule has 22 heteroatoms. The summed E-state index contributed by atoms with van der Waals surface area (Å²) in [5.74, 6) is -0.0944. The average Bonchev–Trinajstić information content (AvgIpc) is 3.08. The number of phosphoric ester groups is 1. The number of nitrogens with one attached hydrogen (secondary N) is 1. The lowest BCUT2D eigenvalue weighted by Gasteiger charge is -2.19. The molecular formula is C10H16N5O14P3. The standard InChI is InChI=1S/C10H16N5O14P3/c11-7-4-8(13-2-12-7)15(10(18)14-4)9-6(17)5(16)3(27-9)1-26-31(22,23)29-32(24,25)28-30(19,20)21/h2-3,5-6,9,16-17H,1H2,(H,14,18)(H,22,23)(H,24,25)(H2,11,12,13)(H2,19,20,21). The molecule has 0 aliphatic carbocycles. The van der Waals surface area contributed by atoms with Gasteiger partial charge in [-0.05, 0) is 0 Å². The van der Waals surface area contributed by atoms with Crippen molar-refractivity contribution in [3.05, 3.63) is 16.8 Å². The highest BCUT2D eigenvalue weighted by Crippen LogP contribution is 2.66. The van der Waals surface area contributed by atoms with Crippen LogP contribution >= 0.6 is 23.5 Å². The van der Waals surface area contributed by atoms with Gasteiger partial charge >= 0.3 is 29.2 Å². The average molecular weight is 523 g/mol. The third-order valence-corrected chi connectivity index (χ3v) is 7.75. The molecule has 0 spiro atoms. The van der Waals surface area contributed by atoms with Crippen molar-refractivity contribution in [3.8, 4) is 0 Å². The summed E-state index contributed by atoms with van der Waals surface area (Å²) in [6, 6.07) is 0. The third kappa shape index (κ3) is 5.49. The number of anilines is 1. The van der Waals surface area contributed by atoms with Crippen LogP contribution in [0.3, 0.4) is 0 Å². The molecule has 6 unspecified atom stereocenters. The number of hydrogen-bond donors (Lipinski definition) is 8. The van der Waals surface area contributed by atoms with E-state index in [0.717, 1.165) is 10.9 Å². The number of hydrogen-bond acceptors (Lipinski definition) is 13. The first-order valence-corrected chi connectivity index (χ1v) is 12.6. The van der Waals surface area contributed by atoms with E-state index in [9.17, 15) is 33.6 Å². The van der Waals surface area contributed by atoms with Crippen molar-refractivity contribution < 1.29 is 61.4 Å². The molecule has 1 aliphatic rings. The summed E-state index contributed by atoms with van der Waals surface area (Å²) in [7, 11) is -16.8. The molecule has 2 aromatic rings. The van der Waals surface area contributed by atoms with Crippen molar-refractivity contribution >= 4 is 40.4 Å². The van der Waals surface area contributed by atoms with Crippen molar-refractivity contribution in [1.29, 1.82) is 0 Å². The topological polar surface area (TPSA) is 299 Å². The molecule has 32 heavy (non-hydrogen) atoms. The lowest BCUT2D eigenvalue weighted by atomic mass is 10.1. The van der Waals surface area contributed by atoms with E-state index < -0.39 is 60.3 Å². The quantitative estimate of drug-likeness (QED) is 0.168. The molecule has 9 N–H and O–H groups in total. The number of aliphatic hydroxyl groups excluding tert-OH is 2. The zero-order valence-corrected chi connectivity index (χ0v) is 18.0. The molecule has 3 rings (SSSR count). The van der Waals surface area contributed by atoms with E-state index in [0.29, 0.717) is 0 Å². The minimum absolute atomic E-state index is 0.0134. The van der Waals surface area contributed by atoms with Gasteiger partial charge in [0.05, 0.1) is 6.61 Å². The highest BCUT2D eigenvalue weighted by molar-refractivity contribution is 7.66. The van der Waals surface area contributed by atoms with Crippen molar-refractivity contribution in [3.63, 3.8) is 0 Å². The van der Waals surface area contributed by atoms with Crippen LogP contribution in [0.4, 0.5) is 5.82 Å². The first-order valence-electron chi connectivity index (χ1n) is 8.11. The molecule has 0 aromatic carbocycles. The molecule has 6 atom stereocenters. The number of fused-ring (bicyclic) bond motifs is 1. The van der Waals surface area contributed by atoms with Gasteiger partial charge in [0.1, 0.15) is 30.2 Å². The van der Waals surface area contributed by atoms with Gasteiger partial charge in [-0.15, -0.1) is 0 Å². The maximum atomic E-state index is 12.3. The van der Waals surface area contributed by atoms with Crippen LogP contribution in [0, 0.1) is 0 Å². The summed E-state index contributed by atoms with van der Waals surface area (Å²) in [4.78, 5) is 57.7. The monoisotopic (exact) mass is 523 g/mol. The molecule has 0 bridgehead atoms. The molecule has 2 aromatic heterocycles. The fourth-order valence-corrected chi connectivity index (χ4v) is 5.77. The number of aliphatic hydroxyl groups is 2. The van der Waals surface area contributed by atoms with Crippen LogP contribution in [0.15, 0.2) is 11.1 Å². The number of nitrogen functional groups attached to an aromatic ring is 1. The van der Waals surface area contributed by atoms with Gasteiger partial charge in [0.15, 0.2) is 17.7 Å². The second kappa shape index (κ2) is 8.66. The molecule has 1 saturated heterocycles. The van der Waals surface area contributed by atoms with Gasteiger partial charge in [0.25, 0.3) is 0 Å². The predicted molar refractivity (Wildman–Crippen MR) is 98.3 cm³/mol. The Morgan fingerprint density at radius 2 is 1.75 bits per heavy atom. The Bertz CT molecular complexity index is 1210. The lowest BCUT2D eigenvalue weighted by Crippen LogP contribution is -2.35. The van der Waals surface area contributed by atoms with Gasteiger partial charge in [-0.25, -0.2) is 33.0 Å². The Labute approximate surface area is 175 Å². The number of phosphoric acid groups is 3. The van der Waals surface area contributed by atoms with Crippen LogP contribution in [0.2, 0.25) is 0 Å². The number of imidazole rings is 1. The SMILES string of the molecule is Nc1ncnc2c1[nH]c(=O)n2C1OC(COP(=O)(O)OP(=O)(O)OP(=O)(O)O)C(O)C1O. The van der Waals surface area contributed by atoms with Gasteiger partial charge in [0.2, 0.25) is 0 Å². The number of nitrogens with zero attached hydrogens (tertiary/aromatic N) is 3. The lowest BCUT2D eigenvalue weighted by molar-refractivity contribution is -0.0517. The van der Waals surface area contributed by atoms with Crippen LogP contribution in [0.5, 0.6) is 0 Å². The molecule has 1 fully saturated rings. The van der Waals surface area contributed by atoms with Crippen molar-refractivity contribution in [2.75, 3.05) is 12.3 Å². The number of aromatic nitrogens is 4. The third-order valence-electron chi connectivity index (χ3n) is 3.95. The van der Waals surface area contributed by atoms with Crippen LogP contribution < -0.4 is 11.4 Å². The normalized spacial score (nSPS) is 27.9. The number of aromatic amines is 1. The summed E-state index contributed by atoms with van der Waals surface area (Å²) in [6.07, 6.45) is -5.72. The van der Waals surface area contributed by atoms with Gasteiger partial charge in [-0.1, -0.05) is 0 Å². The first-order chi connectivity index (χ1) is 14.6. The smallest absolute Gasteiger partial charge is 0.387 e. The van der Waals surface area contributed by atoms with E-state index >= 15 is 0 Å². The number of ether oxygens (including phenoxy) is 1. The van der Waals surface area contributed by atoms with E-state index in [1.54, 1.807) is 0 Å². The summed E-state index contributed by atoms with van der Waals surface area (Å²) < 4.78 is 51.3. The van der Waals surface area contributed by atoms with E-state index in [4.69, 9.17) is 25.2 Å². The minimum atomic E-state index is -5.74. The molecule has 19 nitrogen and oxygen atoms in total. The Kier molecular flexibility index (Phi) is 6.78. The van der Waals surface area contributed by atoms with E-state index in [1.807, 2.05) is 0 Å². The van der Waals surface area contributed by atoms with E-state index in [2.05, 4.69) is 28.1 Å². The van der Waals surface area contributed by atoms with Gasteiger partial charge in [-0.2, -0.15) is 8.62 Å². The maximum absolute atomic E-state index is 12.3. The molecule has 3 heterocycles. The Balaban J connectivity index is 1.74. The fourth-order valence-electron chi connectivity index (χ4n) is 2.74. The van der Waals surface area contributed by atoms with Crippen molar-refractivity contribution in [2.45, 2.75) is 24.5 Å². The van der Waals surface area contributed by atoms with Crippen LogP contribution in [0.1, 0.15) is 6.23 Å². The summed E-state index contributed by atoms with van der Waals surface area (Å²) in [6.45, 7) is -1.05. The molecule has 1 aliphatic heterocycles. The molecule has 0 amide bonds. The van der Waals surface area contributed by atoms with Gasteiger partial charge in [0, 0.05) is 0 Å². The van der Waals surface area contributed by atoms with Gasteiger partial charge < -0.3 is 45.2 Å². The maximum Gasteiger partial charge on any atom is 0.490 e. The summed E-state index contributed by atoms with van der Waals surface area (Å²) in [5, 5.41) is 20.4. The molecule has 0 radical (unpaired) electrons. The van der Waals surface area contributed by atoms with Crippen LogP contribution in [0.25, 0.3) is 11.2 Å².